The van der Waals surface area contributed by atoms with E-state index in [1.807, 2.05) is 0 Å². The first-order chi connectivity index (χ1) is 9.65. The molecule has 0 aliphatic heterocycles. The third-order valence-corrected chi connectivity index (χ3v) is 2.76. The van der Waals surface area contributed by atoms with Gasteiger partial charge in [-0.3, -0.25) is 14.3 Å². The molecule has 6 heteroatoms. The zero-order valence-electron chi connectivity index (χ0n) is 10.8. The average Bonchev–Trinajstić information content (AvgIpc) is 2.91. The summed E-state index contributed by atoms with van der Waals surface area (Å²) in [6, 6.07) is 8.69. The van der Waals surface area contributed by atoms with Gasteiger partial charge in [0.2, 0.25) is 5.91 Å². The molecule has 0 radical (unpaired) electrons. The van der Waals surface area contributed by atoms with Crippen molar-refractivity contribution in [3.05, 3.63) is 48.3 Å². The Balaban J connectivity index is 1.95. The molecule has 0 aliphatic carbocycles. The van der Waals surface area contributed by atoms with E-state index in [-0.39, 0.29) is 18.7 Å². The maximum Gasteiger partial charge on any atom is 0.307 e. The fourth-order valence-electron chi connectivity index (χ4n) is 1.82. The summed E-state index contributed by atoms with van der Waals surface area (Å²) < 4.78 is 1.67. The molecule has 2 N–H and O–H groups in total. The summed E-state index contributed by atoms with van der Waals surface area (Å²) in [7, 11) is 0. The molecule has 104 valence electrons. The first kappa shape index (κ1) is 13.8. The molecule has 0 aliphatic rings. The molecule has 0 saturated heterocycles. The number of carbonyl (C=O) groups is 2. The van der Waals surface area contributed by atoms with Crippen LogP contribution < -0.4 is 5.32 Å². The van der Waals surface area contributed by atoms with E-state index in [1.54, 1.807) is 47.4 Å². The lowest BCUT2D eigenvalue weighted by Crippen LogP contribution is -2.16. The number of aromatic nitrogens is 2. The number of anilines is 1. The van der Waals surface area contributed by atoms with Crippen molar-refractivity contribution in [3.63, 3.8) is 0 Å². The van der Waals surface area contributed by atoms with E-state index in [0.29, 0.717) is 17.8 Å². The van der Waals surface area contributed by atoms with Crippen LogP contribution in [0.4, 0.5) is 5.69 Å². The van der Waals surface area contributed by atoms with Gasteiger partial charge < -0.3 is 10.4 Å². The van der Waals surface area contributed by atoms with Crippen molar-refractivity contribution in [1.82, 2.24) is 9.78 Å². The van der Waals surface area contributed by atoms with Crippen molar-refractivity contribution in [2.24, 2.45) is 0 Å². The molecule has 1 heterocycles. The molecular formula is C14H15N3O3. The third kappa shape index (κ3) is 3.94. The van der Waals surface area contributed by atoms with E-state index in [9.17, 15) is 9.59 Å². The Bertz CT molecular complexity index is 593. The molecule has 2 aromatic rings. The van der Waals surface area contributed by atoms with Gasteiger partial charge >= 0.3 is 5.97 Å². The summed E-state index contributed by atoms with van der Waals surface area (Å²) in [6.07, 6.45) is 3.60. The van der Waals surface area contributed by atoms with E-state index < -0.39 is 5.97 Å². The highest BCUT2D eigenvalue weighted by Gasteiger charge is 2.09. The summed E-state index contributed by atoms with van der Waals surface area (Å²) in [4.78, 5) is 22.6. The molecule has 1 aromatic carbocycles. The second-order valence-corrected chi connectivity index (χ2v) is 4.29. The fourth-order valence-corrected chi connectivity index (χ4v) is 1.82. The summed E-state index contributed by atoms with van der Waals surface area (Å²) in [5, 5.41) is 15.6. The number of carbonyl (C=O) groups excluding carboxylic acids is 1. The smallest absolute Gasteiger partial charge is 0.307 e. The molecule has 1 aromatic heterocycles. The molecule has 2 rings (SSSR count). The Kier molecular flexibility index (Phi) is 4.49. The maximum absolute atomic E-state index is 11.8. The van der Waals surface area contributed by atoms with Crippen molar-refractivity contribution in [2.75, 3.05) is 5.32 Å². The topological polar surface area (TPSA) is 84.2 Å². The Labute approximate surface area is 116 Å². The summed E-state index contributed by atoms with van der Waals surface area (Å²) in [5.74, 6) is -1.10. The van der Waals surface area contributed by atoms with Crippen molar-refractivity contribution in [1.29, 1.82) is 0 Å². The summed E-state index contributed by atoms with van der Waals surface area (Å²) in [6.45, 7) is 0.486. The van der Waals surface area contributed by atoms with Gasteiger partial charge in [-0.2, -0.15) is 5.10 Å². The molecule has 6 nitrogen and oxygen atoms in total. The Hall–Kier alpha value is -2.63. The Morgan fingerprint density at radius 2 is 2.05 bits per heavy atom. The number of rotatable bonds is 6. The second-order valence-electron chi connectivity index (χ2n) is 4.29. The molecule has 1 amide bonds. The van der Waals surface area contributed by atoms with E-state index in [4.69, 9.17) is 5.11 Å². The predicted octanol–water partition coefficient (Wildman–Crippen LogP) is 1.54. The van der Waals surface area contributed by atoms with Crippen LogP contribution in [0.3, 0.4) is 0 Å². The van der Waals surface area contributed by atoms with E-state index in [2.05, 4.69) is 10.4 Å². The first-order valence-corrected chi connectivity index (χ1v) is 6.22. The van der Waals surface area contributed by atoms with Gasteiger partial charge in [0.1, 0.15) is 0 Å². The van der Waals surface area contributed by atoms with E-state index in [1.165, 1.54) is 0 Å². The van der Waals surface area contributed by atoms with Crippen molar-refractivity contribution in [2.45, 2.75) is 19.4 Å². The fraction of sp³-hybridized carbons (Fsp3) is 0.214. The van der Waals surface area contributed by atoms with Gasteiger partial charge in [-0.1, -0.05) is 18.2 Å². The summed E-state index contributed by atoms with van der Waals surface area (Å²) >= 11 is 0. The minimum atomic E-state index is -0.928. The summed E-state index contributed by atoms with van der Waals surface area (Å²) in [5.41, 5.74) is 1.13. The molecule has 0 saturated carbocycles. The van der Waals surface area contributed by atoms with E-state index >= 15 is 0 Å². The van der Waals surface area contributed by atoms with Crippen LogP contribution in [-0.4, -0.2) is 26.8 Å². The highest BCUT2D eigenvalue weighted by molar-refractivity contribution is 5.92. The first-order valence-electron chi connectivity index (χ1n) is 6.22. The van der Waals surface area contributed by atoms with Gasteiger partial charge in [0.05, 0.1) is 6.42 Å². The zero-order valence-corrected chi connectivity index (χ0v) is 10.8. The lowest BCUT2D eigenvalue weighted by molar-refractivity contribution is -0.136. The van der Waals surface area contributed by atoms with Gasteiger partial charge in [0.25, 0.3) is 0 Å². The van der Waals surface area contributed by atoms with Crippen molar-refractivity contribution >= 4 is 17.6 Å². The highest BCUT2D eigenvalue weighted by atomic mass is 16.4. The second kappa shape index (κ2) is 6.51. The van der Waals surface area contributed by atoms with Crippen LogP contribution in [0.1, 0.15) is 12.0 Å². The molecule has 20 heavy (non-hydrogen) atoms. The maximum atomic E-state index is 11.8. The van der Waals surface area contributed by atoms with E-state index in [0.717, 1.165) is 0 Å². The van der Waals surface area contributed by atoms with Crippen LogP contribution in [0, 0.1) is 0 Å². The van der Waals surface area contributed by atoms with Gasteiger partial charge in [-0.05, 0) is 17.7 Å². The normalized spacial score (nSPS) is 10.2. The lowest BCUT2D eigenvalue weighted by Gasteiger charge is -2.09. The van der Waals surface area contributed by atoms with Crippen LogP contribution in [0.15, 0.2) is 42.7 Å². The van der Waals surface area contributed by atoms with Crippen LogP contribution in [0.2, 0.25) is 0 Å². The van der Waals surface area contributed by atoms with Crippen molar-refractivity contribution in [3.8, 4) is 0 Å². The van der Waals surface area contributed by atoms with Crippen molar-refractivity contribution < 1.29 is 14.7 Å². The lowest BCUT2D eigenvalue weighted by atomic mass is 10.1. The van der Waals surface area contributed by atoms with Gasteiger partial charge in [0, 0.05) is 31.0 Å². The number of nitrogens with one attached hydrogen (secondary N) is 1. The third-order valence-electron chi connectivity index (χ3n) is 2.76. The number of aryl methyl sites for hydroxylation is 1. The standard InChI is InChI=1S/C14H15N3O3/c18-13(6-9-17-8-3-7-15-17)16-12-5-2-1-4-11(12)10-14(19)20/h1-5,7-8H,6,9-10H2,(H,16,18)(H,19,20). The monoisotopic (exact) mass is 273 g/mol. The number of amides is 1. The molecule has 0 fully saturated rings. The number of benzene rings is 1. The number of aliphatic carboxylic acids is 1. The average molecular weight is 273 g/mol. The number of hydrogen-bond donors (Lipinski definition) is 2. The largest absolute Gasteiger partial charge is 0.481 e. The molecule has 0 spiro atoms. The quantitative estimate of drug-likeness (QED) is 0.836. The Morgan fingerprint density at radius 1 is 1.25 bits per heavy atom. The Morgan fingerprint density at radius 3 is 2.75 bits per heavy atom. The number of carboxylic acid groups (broad SMARTS) is 1. The zero-order chi connectivity index (χ0) is 14.4. The van der Waals surface area contributed by atoms with Gasteiger partial charge in [-0.15, -0.1) is 0 Å². The highest BCUT2D eigenvalue weighted by Crippen LogP contribution is 2.16. The molecule has 0 atom stereocenters. The number of carboxylic acids is 1. The number of para-hydroxylation sites is 1. The molecular weight excluding hydrogens is 258 g/mol. The predicted molar refractivity (Wildman–Crippen MR) is 73.3 cm³/mol. The minimum Gasteiger partial charge on any atom is -0.481 e. The van der Waals surface area contributed by atoms with Crippen LogP contribution in [0.5, 0.6) is 0 Å². The van der Waals surface area contributed by atoms with Crippen LogP contribution in [-0.2, 0) is 22.6 Å². The molecule has 0 bridgehead atoms. The molecule has 0 unspecified atom stereocenters. The number of hydrogen-bond acceptors (Lipinski definition) is 3. The van der Waals surface area contributed by atoms with Crippen LogP contribution in [0.25, 0.3) is 0 Å². The van der Waals surface area contributed by atoms with Gasteiger partial charge in [-0.25, -0.2) is 0 Å². The minimum absolute atomic E-state index is 0.115. The SMILES string of the molecule is O=C(O)Cc1ccccc1NC(=O)CCn1cccn1. The van der Waals surface area contributed by atoms with Crippen LogP contribution >= 0.6 is 0 Å². The van der Waals surface area contributed by atoms with Gasteiger partial charge in [0.15, 0.2) is 0 Å². The number of nitrogens with zero attached hydrogens (tertiary/aromatic N) is 2.